The number of hydrogen-bond acceptors (Lipinski definition) is 3. The van der Waals surface area contributed by atoms with Crippen molar-refractivity contribution in [3.63, 3.8) is 0 Å². The van der Waals surface area contributed by atoms with Crippen LogP contribution in [0.4, 0.5) is 5.69 Å². The molecule has 0 radical (unpaired) electrons. The Balaban J connectivity index is 1.95. The van der Waals surface area contributed by atoms with Gasteiger partial charge in [0.15, 0.2) is 0 Å². The molecule has 0 fully saturated rings. The number of carbonyl (C=O) groups is 1. The van der Waals surface area contributed by atoms with E-state index in [1.807, 2.05) is 6.92 Å². The first-order chi connectivity index (χ1) is 10.6. The molecule has 0 spiro atoms. The number of amides is 1. The van der Waals surface area contributed by atoms with Crippen LogP contribution in [0.3, 0.4) is 0 Å². The van der Waals surface area contributed by atoms with Crippen molar-refractivity contribution < 1.29 is 14.3 Å². The third-order valence-corrected chi connectivity index (χ3v) is 3.44. The number of ether oxygens (including phenoxy) is 2. The monoisotopic (exact) mass is 299 g/mol. The van der Waals surface area contributed by atoms with E-state index in [0.29, 0.717) is 30.0 Å². The minimum absolute atomic E-state index is 0.0379. The maximum Gasteiger partial charge on any atom is 0.224 e. The van der Waals surface area contributed by atoms with Crippen LogP contribution in [0.15, 0.2) is 42.5 Å². The summed E-state index contributed by atoms with van der Waals surface area (Å²) in [6.45, 7) is 2.05. The summed E-state index contributed by atoms with van der Waals surface area (Å²) in [6.07, 6.45) is 1.14. The molecule has 0 aliphatic rings. The second kappa shape index (κ2) is 7.50. The first-order valence-corrected chi connectivity index (χ1v) is 7.20. The highest BCUT2D eigenvalue weighted by molar-refractivity contribution is 5.92. The van der Waals surface area contributed by atoms with E-state index in [1.165, 1.54) is 5.56 Å². The highest BCUT2D eigenvalue weighted by atomic mass is 16.5. The Labute approximate surface area is 131 Å². The molecule has 4 nitrogen and oxygen atoms in total. The highest BCUT2D eigenvalue weighted by Crippen LogP contribution is 2.29. The summed E-state index contributed by atoms with van der Waals surface area (Å²) in [5.41, 5.74) is 3.02. The maximum atomic E-state index is 12.1. The number of nitrogens with one attached hydrogen (secondary N) is 1. The summed E-state index contributed by atoms with van der Waals surface area (Å²) < 4.78 is 10.4. The van der Waals surface area contributed by atoms with Crippen molar-refractivity contribution in [1.29, 1.82) is 0 Å². The molecule has 22 heavy (non-hydrogen) atoms. The van der Waals surface area contributed by atoms with Crippen molar-refractivity contribution in [3.8, 4) is 11.5 Å². The van der Waals surface area contributed by atoms with Crippen LogP contribution in [0, 0.1) is 6.92 Å². The molecule has 1 N–H and O–H groups in total. The molecule has 0 unspecified atom stereocenters. The van der Waals surface area contributed by atoms with Gasteiger partial charge in [-0.1, -0.05) is 29.8 Å². The van der Waals surface area contributed by atoms with Gasteiger partial charge in [0.05, 0.1) is 19.9 Å². The number of benzene rings is 2. The summed E-state index contributed by atoms with van der Waals surface area (Å²) in [4.78, 5) is 12.1. The van der Waals surface area contributed by atoms with E-state index in [-0.39, 0.29) is 5.91 Å². The minimum Gasteiger partial charge on any atom is -0.497 e. The summed E-state index contributed by atoms with van der Waals surface area (Å²) in [5.74, 6) is 1.24. The second-order valence-corrected chi connectivity index (χ2v) is 5.10. The maximum absolute atomic E-state index is 12.1. The zero-order valence-corrected chi connectivity index (χ0v) is 13.2. The van der Waals surface area contributed by atoms with Gasteiger partial charge in [-0.3, -0.25) is 4.79 Å². The fraction of sp³-hybridized carbons (Fsp3) is 0.278. The molecule has 1 amide bonds. The van der Waals surface area contributed by atoms with Crippen LogP contribution >= 0.6 is 0 Å². The second-order valence-electron chi connectivity index (χ2n) is 5.10. The largest absolute Gasteiger partial charge is 0.497 e. The average Bonchev–Trinajstić information content (AvgIpc) is 2.54. The Kier molecular flexibility index (Phi) is 5.42. The minimum atomic E-state index is -0.0379. The van der Waals surface area contributed by atoms with Gasteiger partial charge in [-0.2, -0.15) is 0 Å². The zero-order valence-electron chi connectivity index (χ0n) is 13.2. The van der Waals surface area contributed by atoms with Gasteiger partial charge in [0.25, 0.3) is 0 Å². The van der Waals surface area contributed by atoms with Crippen molar-refractivity contribution in [1.82, 2.24) is 0 Å². The predicted octanol–water partition coefficient (Wildman–Crippen LogP) is 3.58. The Bertz CT molecular complexity index is 635. The van der Waals surface area contributed by atoms with Gasteiger partial charge in [-0.25, -0.2) is 0 Å². The molecule has 0 aromatic heterocycles. The number of anilines is 1. The Hall–Kier alpha value is -2.49. The number of hydrogen-bond donors (Lipinski definition) is 1. The lowest BCUT2D eigenvalue weighted by Gasteiger charge is -2.11. The van der Waals surface area contributed by atoms with Gasteiger partial charge in [0, 0.05) is 12.5 Å². The molecule has 2 aromatic rings. The van der Waals surface area contributed by atoms with Gasteiger partial charge in [-0.05, 0) is 31.0 Å². The Morgan fingerprint density at radius 2 is 1.77 bits per heavy atom. The van der Waals surface area contributed by atoms with Crippen LogP contribution < -0.4 is 14.8 Å². The van der Waals surface area contributed by atoms with Crippen molar-refractivity contribution in [2.75, 3.05) is 19.5 Å². The average molecular weight is 299 g/mol. The fourth-order valence-corrected chi connectivity index (χ4v) is 2.13. The molecule has 2 rings (SSSR count). The van der Waals surface area contributed by atoms with Crippen molar-refractivity contribution in [2.24, 2.45) is 0 Å². The summed E-state index contributed by atoms with van der Waals surface area (Å²) in [6, 6.07) is 13.5. The van der Waals surface area contributed by atoms with Gasteiger partial charge < -0.3 is 14.8 Å². The third-order valence-electron chi connectivity index (χ3n) is 3.44. The number of aryl methyl sites for hydroxylation is 2. The van der Waals surface area contributed by atoms with Gasteiger partial charge in [0.2, 0.25) is 5.91 Å². The normalized spacial score (nSPS) is 10.1. The number of rotatable bonds is 6. The Morgan fingerprint density at radius 1 is 1.05 bits per heavy atom. The van der Waals surface area contributed by atoms with E-state index in [9.17, 15) is 4.79 Å². The molecule has 0 aliphatic carbocycles. The first kappa shape index (κ1) is 15.9. The van der Waals surface area contributed by atoms with E-state index in [1.54, 1.807) is 32.4 Å². The predicted molar refractivity (Wildman–Crippen MR) is 87.7 cm³/mol. The molecule has 0 saturated carbocycles. The van der Waals surface area contributed by atoms with Crippen molar-refractivity contribution >= 4 is 11.6 Å². The zero-order chi connectivity index (χ0) is 15.9. The molecule has 0 atom stereocenters. The SMILES string of the molecule is COc1ccc(NC(=O)CCc2ccc(C)cc2)c(OC)c1. The van der Waals surface area contributed by atoms with E-state index in [0.717, 1.165) is 5.56 Å². The molecule has 116 valence electrons. The fourth-order valence-electron chi connectivity index (χ4n) is 2.13. The van der Waals surface area contributed by atoms with Gasteiger partial charge >= 0.3 is 0 Å². The summed E-state index contributed by atoms with van der Waals surface area (Å²) >= 11 is 0. The number of methoxy groups -OCH3 is 2. The topological polar surface area (TPSA) is 47.6 Å². The molecule has 2 aromatic carbocycles. The van der Waals surface area contributed by atoms with Crippen LogP contribution in [0.2, 0.25) is 0 Å². The van der Waals surface area contributed by atoms with Crippen LogP contribution in [0.5, 0.6) is 11.5 Å². The van der Waals surface area contributed by atoms with Gasteiger partial charge in [0.1, 0.15) is 11.5 Å². The lowest BCUT2D eigenvalue weighted by molar-refractivity contribution is -0.116. The van der Waals surface area contributed by atoms with E-state index >= 15 is 0 Å². The molecule has 0 bridgehead atoms. The molecule has 4 heteroatoms. The van der Waals surface area contributed by atoms with Gasteiger partial charge in [-0.15, -0.1) is 0 Å². The van der Waals surface area contributed by atoms with Crippen LogP contribution in [0.1, 0.15) is 17.5 Å². The quantitative estimate of drug-likeness (QED) is 0.887. The molecule has 0 saturated heterocycles. The first-order valence-electron chi connectivity index (χ1n) is 7.20. The summed E-state index contributed by atoms with van der Waals surface area (Å²) in [5, 5.41) is 2.87. The molecular weight excluding hydrogens is 278 g/mol. The van der Waals surface area contributed by atoms with Crippen molar-refractivity contribution in [2.45, 2.75) is 19.8 Å². The molecule has 0 heterocycles. The molecular formula is C18H21NO3. The van der Waals surface area contributed by atoms with Crippen LogP contribution in [-0.2, 0) is 11.2 Å². The van der Waals surface area contributed by atoms with E-state index in [4.69, 9.17) is 9.47 Å². The lowest BCUT2D eigenvalue weighted by Crippen LogP contribution is -2.13. The third kappa shape index (κ3) is 4.25. The molecule has 0 aliphatic heterocycles. The summed E-state index contributed by atoms with van der Waals surface area (Å²) in [7, 11) is 3.16. The van der Waals surface area contributed by atoms with E-state index < -0.39 is 0 Å². The van der Waals surface area contributed by atoms with Crippen molar-refractivity contribution in [3.05, 3.63) is 53.6 Å². The van der Waals surface area contributed by atoms with Crippen LogP contribution in [0.25, 0.3) is 0 Å². The Morgan fingerprint density at radius 3 is 2.41 bits per heavy atom. The van der Waals surface area contributed by atoms with E-state index in [2.05, 4.69) is 29.6 Å². The lowest BCUT2D eigenvalue weighted by atomic mass is 10.1. The van der Waals surface area contributed by atoms with Crippen LogP contribution in [-0.4, -0.2) is 20.1 Å². The highest BCUT2D eigenvalue weighted by Gasteiger charge is 2.09. The number of carbonyl (C=O) groups excluding carboxylic acids is 1. The smallest absolute Gasteiger partial charge is 0.224 e. The standard InChI is InChI=1S/C18H21NO3/c1-13-4-6-14(7-5-13)8-11-18(20)19-16-10-9-15(21-2)12-17(16)22-3/h4-7,9-10,12H,8,11H2,1-3H3,(H,19,20).